The molecule has 1 atom stereocenters. The summed E-state index contributed by atoms with van der Waals surface area (Å²) >= 11 is 0. The van der Waals surface area contributed by atoms with Crippen LogP contribution in [0.3, 0.4) is 0 Å². The molecule has 0 radical (unpaired) electrons. The minimum absolute atomic E-state index is 0.0279. The summed E-state index contributed by atoms with van der Waals surface area (Å²) in [5.41, 5.74) is 2.60. The number of hydrogen-bond donors (Lipinski definition) is 1. The molecule has 1 aliphatic heterocycles. The van der Waals surface area contributed by atoms with Crippen LogP contribution in [0.15, 0.2) is 48.5 Å². The second-order valence-electron chi connectivity index (χ2n) is 4.78. The fourth-order valence-electron chi connectivity index (χ4n) is 2.44. The van der Waals surface area contributed by atoms with Crippen molar-refractivity contribution in [2.75, 3.05) is 19.5 Å². The van der Waals surface area contributed by atoms with E-state index in [4.69, 9.17) is 4.74 Å². The molecule has 4 nitrogen and oxygen atoms in total. The van der Waals surface area contributed by atoms with Gasteiger partial charge in [-0.2, -0.15) is 0 Å². The molecule has 0 aromatic heterocycles. The molecule has 1 aliphatic rings. The SMILES string of the molecule is COc1ccc(C2Nc3ccccc3C(=O)N2C)cc1. The van der Waals surface area contributed by atoms with Crippen molar-refractivity contribution < 1.29 is 9.53 Å². The van der Waals surface area contributed by atoms with Gasteiger partial charge in [-0.15, -0.1) is 0 Å². The monoisotopic (exact) mass is 268 g/mol. The summed E-state index contributed by atoms with van der Waals surface area (Å²) in [6.07, 6.45) is -0.164. The summed E-state index contributed by atoms with van der Waals surface area (Å²) < 4.78 is 5.16. The molecule has 4 heteroatoms. The lowest BCUT2D eigenvalue weighted by molar-refractivity contribution is 0.0735. The van der Waals surface area contributed by atoms with Crippen molar-refractivity contribution in [3.05, 3.63) is 59.7 Å². The first kappa shape index (κ1) is 12.5. The lowest BCUT2D eigenvalue weighted by Crippen LogP contribution is -2.40. The van der Waals surface area contributed by atoms with Gasteiger partial charge in [-0.1, -0.05) is 24.3 Å². The predicted octanol–water partition coefficient (Wildman–Crippen LogP) is 2.89. The Bertz CT molecular complexity index is 637. The highest BCUT2D eigenvalue weighted by Crippen LogP contribution is 2.32. The molecule has 1 amide bonds. The molecule has 102 valence electrons. The van der Waals surface area contributed by atoms with Crippen LogP contribution in [0.25, 0.3) is 0 Å². The summed E-state index contributed by atoms with van der Waals surface area (Å²) in [5.74, 6) is 0.833. The number of benzene rings is 2. The summed E-state index contributed by atoms with van der Waals surface area (Å²) in [7, 11) is 3.44. The van der Waals surface area contributed by atoms with Gasteiger partial charge in [-0.05, 0) is 29.8 Å². The number of amides is 1. The Hall–Kier alpha value is -2.49. The Morgan fingerprint density at radius 3 is 2.50 bits per heavy atom. The van der Waals surface area contributed by atoms with Gasteiger partial charge in [-0.25, -0.2) is 0 Å². The maximum absolute atomic E-state index is 12.4. The average molecular weight is 268 g/mol. The summed E-state index contributed by atoms with van der Waals surface area (Å²) in [6, 6.07) is 15.3. The van der Waals surface area contributed by atoms with Crippen molar-refractivity contribution in [1.82, 2.24) is 4.90 Å². The summed E-state index contributed by atoms with van der Waals surface area (Å²) in [5, 5.41) is 3.40. The summed E-state index contributed by atoms with van der Waals surface area (Å²) in [6.45, 7) is 0. The Labute approximate surface area is 118 Å². The molecule has 0 fully saturated rings. The van der Waals surface area contributed by atoms with Gasteiger partial charge in [0.1, 0.15) is 11.9 Å². The smallest absolute Gasteiger partial charge is 0.257 e. The first-order valence-electron chi connectivity index (χ1n) is 6.47. The Morgan fingerprint density at radius 1 is 1.10 bits per heavy atom. The van der Waals surface area contributed by atoms with E-state index in [-0.39, 0.29) is 12.1 Å². The lowest BCUT2D eigenvalue weighted by Gasteiger charge is -2.35. The van der Waals surface area contributed by atoms with Gasteiger partial charge in [0.15, 0.2) is 0 Å². The number of methoxy groups -OCH3 is 1. The average Bonchev–Trinajstić information content (AvgIpc) is 2.51. The van der Waals surface area contributed by atoms with Crippen LogP contribution in [0.5, 0.6) is 5.75 Å². The van der Waals surface area contributed by atoms with Crippen LogP contribution in [-0.2, 0) is 0 Å². The van der Waals surface area contributed by atoms with E-state index in [1.54, 1.807) is 19.1 Å². The number of carbonyl (C=O) groups is 1. The van der Waals surface area contributed by atoms with Gasteiger partial charge in [0, 0.05) is 12.7 Å². The number of nitrogens with zero attached hydrogens (tertiary/aromatic N) is 1. The van der Waals surface area contributed by atoms with E-state index in [0.29, 0.717) is 5.56 Å². The molecular weight excluding hydrogens is 252 g/mol. The fourth-order valence-corrected chi connectivity index (χ4v) is 2.44. The van der Waals surface area contributed by atoms with Crippen LogP contribution < -0.4 is 10.1 Å². The highest BCUT2D eigenvalue weighted by Gasteiger charge is 2.29. The van der Waals surface area contributed by atoms with Gasteiger partial charge in [0.2, 0.25) is 0 Å². The first-order chi connectivity index (χ1) is 9.70. The Balaban J connectivity index is 1.97. The van der Waals surface area contributed by atoms with E-state index < -0.39 is 0 Å². The van der Waals surface area contributed by atoms with Crippen molar-refractivity contribution in [3.8, 4) is 5.75 Å². The second kappa shape index (κ2) is 4.89. The molecule has 1 N–H and O–H groups in total. The second-order valence-corrected chi connectivity index (χ2v) is 4.78. The van der Waals surface area contributed by atoms with Crippen molar-refractivity contribution in [2.24, 2.45) is 0 Å². The zero-order valence-electron chi connectivity index (χ0n) is 11.5. The number of nitrogens with one attached hydrogen (secondary N) is 1. The predicted molar refractivity (Wildman–Crippen MR) is 77.9 cm³/mol. The number of ether oxygens (including phenoxy) is 1. The normalized spacial score (nSPS) is 17.4. The van der Waals surface area contributed by atoms with E-state index in [1.807, 2.05) is 48.5 Å². The zero-order chi connectivity index (χ0) is 14.1. The molecule has 0 bridgehead atoms. The molecule has 1 unspecified atom stereocenters. The molecule has 0 saturated carbocycles. The Morgan fingerprint density at radius 2 is 1.80 bits per heavy atom. The van der Waals surface area contributed by atoms with E-state index in [2.05, 4.69) is 5.32 Å². The van der Waals surface area contributed by atoms with Gasteiger partial charge in [0.25, 0.3) is 5.91 Å². The highest BCUT2D eigenvalue weighted by molar-refractivity contribution is 6.01. The third-order valence-electron chi connectivity index (χ3n) is 3.59. The standard InChI is InChI=1S/C16H16N2O2/c1-18-15(11-7-9-12(20-2)10-8-11)17-14-6-4-3-5-13(14)16(18)19/h3-10,15,17H,1-2H3. The lowest BCUT2D eigenvalue weighted by atomic mass is 10.0. The van der Waals surface area contributed by atoms with Crippen LogP contribution in [0.1, 0.15) is 22.1 Å². The van der Waals surface area contributed by atoms with Gasteiger partial charge < -0.3 is 15.0 Å². The zero-order valence-corrected chi connectivity index (χ0v) is 11.5. The van der Waals surface area contributed by atoms with Crippen LogP contribution >= 0.6 is 0 Å². The molecule has 3 rings (SSSR count). The molecule has 0 spiro atoms. The highest BCUT2D eigenvalue weighted by atomic mass is 16.5. The van der Waals surface area contributed by atoms with Crippen molar-refractivity contribution in [1.29, 1.82) is 0 Å². The third-order valence-corrected chi connectivity index (χ3v) is 3.59. The molecule has 20 heavy (non-hydrogen) atoms. The number of carbonyl (C=O) groups excluding carboxylic acids is 1. The van der Waals surface area contributed by atoms with Crippen LogP contribution in [0, 0.1) is 0 Å². The number of rotatable bonds is 2. The van der Waals surface area contributed by atoms with E-state index >= 15 is 0 Å². The van der Waals surface area contributed by atoms with E-state index in [0.717, 1.165) is 17.0 Å². The third kappa shape index (κ3) is 1.99. The van der Waals surface area contributed by atoms with Gasteiger partial charge in [0.05, 0.1) is 12.7 Å². The van der Waals surface area contributed by atoms with Gasteiger partial charge in [-0.3, -0.25) is 4.79 Å². The number of fused-ring (bicyclic) bond motifs is 1. The maximum atomic E-state index is 12.4. The molecule has 2 aromatic rings. The molecule has 0 saturated heterocycles. The minimum atomic E-state index is -0.164. The molecule has 1 heterocycles. The minimum Gasteiger partial charge on any atom is -0.497 e. The molecular formula is C16H16N2O2. The number of hydrogen-bond acceptors (Lipinski definition) is 3. The largest absolute Gasteiger partial charge is 0.497 e. The van der Waals surface area contributed by atoms with Crippen molar-refractivity contribution in [3.63, 3.8) is 0 Å². The fraction of sp³-hybridized carbons (Fsp3) is 0.188. The van der Waals surface area contributed by atoms with Crippen LogP contribution in [0.4, 0.5) is 5.69 Å². The van der Waals surface area contributed by atoms with E-state index in [1.165, 1.54) is 0 Å². The summed E-state index contributed by atoms with van der Waals surface area (Å²) in [4.78, 5) is 14.1. The van der Waals surface area contributed by atoms with E-state index in [9.17, 15) is 4.79 Å². The van der Waals surface area contributed by atoms with Gasteiger partial charge >= 0.3 is 0 Å². The van der Waals surface area contributed by atoms with Crippen LogP contribution in [-0.4, -0.2) is 25.0 Å². The van der Waals surface area contributed by atoms with Crippen molar-refractivity contribution >= 4 is 11.6 Å². The topological polar surface area (TPSA) is 41.6 Å². The number of anilines is 1. The maximum Gasteiger partial charge on any atom is 0.257 e. The molecule has 2 aromatic carbocycles. The molecule has 0 aliphatic carbocycles. The van der Waals surface area contributed by atoms with Crippen molar-refractivity contribution in [2.45, 2.75) is 6.17 Å². The van der Waals surface area contributed by atoms with Crippen LogP contribution in [0.2, 0.25) is 0 Å². The first-order valence-corrected chi connectivity index (χ1v) is 6.47. The number of para-hydroxylation sites is 1. The quantitative estimate of drug-likeness (QED) is 0.910. The Kier molecular flexibility index (Phi) is 3.06.